The van der Waals surface area contributed by atoms with Gasteiger partial charge in [-0.1, -0.05) is 30.3 Å². The van der Waals surface area contributed by atoms with Crippen LogP contribution in [0.15, 0.2) is 52.9 Å². The van der Waals surface area contributed by atoms with E-state index >= 15 is 0 Å². The first-order valence-corrected chi connectivity index (χ1v) is 8.85. The highest BCUT2D eigenvalue weighted by atomic mass is 16.6. The van der Waals surface area contributed by atoms with Gasteiger partial charge in [-0.3, -0.25) is 14.5 Å². The Labute approximate surface area is 160 Å². The molecule has 3 aromatic rings. The molecule has 1 aliphatic heterocycles. The molecule has 7 heteroatoms. The first-order chi connectivity index (χ1) is 13.5. The first-order valence-electron chi connectivity index (χ1n) is 8.85. The van der Waals surface area contributed by atoms with E-state index in [1.807, 2.05) is 18.2 Å². The topological polar surface area (TPSA) is 88.9 Å². The molecule has 2 aromatic carbocycles. The van der Waals surface area contributed by atoms with Crippen molar-refractivity contribution in [1.29, 1.82) is 0 Å². The van der Waals surface area contributed by atoms with Gasteiger partial charge in [0.25, 0.3) is 5.91 Å². The van der Waals surface area contributed by atoms with Crippen LogP contribution in [0.3, 0.4) is 0 Å². The minimum atomic E-state index is -1.08. The van der Waals surface area contributed by atoms with Crippen LogP contribution in [0.2, 0.25) is 0 Å². The second-order valence-electron chi connectivity index (χ2n) is 6.59. The van der Waals surface area contributed by atoms with Crippen molar-refractivity contribution in [1.82, 2.24) is 0 Å². The number of furan rings is 1. The van der Waals surface area contributed by atoms with E-state index in [9.17, 15) is 14.4 Å². The summed E-state index contributed by atoms with van der Waals surface area (Å²) in [6.45, 7) is 3.11. The third-order valence-corrected chi connectivity index (χ3v) is 4.70. The Morgan fingerprint density at radius 2 is 1.86 bits per heavy atom. The lowest BCUT2D eigenvalue weighted by Gasteiger charge is -2.30. The lowest BCUT2D eigenvalue weighted by atomic mass is 10.1. The second kappa shape index (κ2) is 6.84. The number of carbonyl (C=O) groups is 3. The molecule has 2 amide bonds. The maximum atomic E-state index is 12.9. The smallest absolute Gasteiger partial charge is 0.375 e. The predicted molar refractivity (Wildman–Crippen MR) is 103 cm³/mol. The van der Waals surface area contributed by atoms with Crippen LogP contribution in [0.5, 0.6) is 0 Å². The number of amides is 2. The van der Waals surface area contributed by atoms with Crippen LogP contribution in [0.25, 0.3) is 11.0 Å². The highest BCUT2D eigenvalue weighted by Crippen LogP contribution is 2.30. The lowest BCUT2D eigenvalue weighted by Crippen LogP contribution is -2.47. The monoisotopic (exact) mass is 378 g/mol. The van der Waals surface area contributed by atoms with Crippen molar-refractivity contribution in [3.8, 4) is 0 Å². The van der Waals surface area contributed by atoms with Crippen LogP contribution >= 0.6 is 0 Å². The number of carbonyl (C=O) groups excluding carboxylic acids is 3. The normalized spacial score (nSPS) is 14.4. The predicted octanol–water partition coefficient (Wildman–Crippen LogP) is 3.27. The first kappa shape index (κ1) is 17.8. The summed E-state index contributed by atoms with van der Waals surface area (Å²) in [5, 5.41) is 3.53. The Bertz CT molecular complexity index is 1100. The number of ether oxygens (including phenoxy) is 1. The zero-order valence-electron chi connectivity index (χ0n) is 15.4. The molecule has 7 nitrogen and oxygen atoms in total. The standard InChI is InChI=1S/C21H18N2O5/c1-12-14-7-3-6-10-17(14)28-19(12)21(26)27-13(2)20(25)23-11-18(24)22-15-8-4-5-9-16(15)23/h3-10,13H,11H2,1-2H3,(H,22,24)/t13-/m0/s1. The van der Waals surface area contributed by atoms with Crippen LogP contribution < -0.4 is 10.2 Å². The SMILES string of the molecule is Cc1c(C(=O)O[C@@H](C)C(=O)N2CC(=O)Nc3ccccc32)oc2ccccc12. The number of anilines is 2. The van der Waals surface area contributed by atoms with Gasteiger partial charge in [0.15, 0.2) is 6.10 Å². The molecular formula is C21H18N2O5. The fraction of sp³-hybridized carbons (Fsp3) is 0.190. The Kier molecular flexibility index (Phi) is 4.35. The Hall–Kier alpha value is -3.61. The highest BCUT2D eigenvalue weighted by molar-refractivity contribution is 6.11. The quantitative estimate of drug-likeness (QED) is 0.707. The number of para-hydroxylation sites is 3. The average molecular weight is 378 g/mol. The average Bonchev–Trinajstić information content (AvgIpc) is 3.03. The summed E-state index contributed by atoms with van der Waals surface area (Å²) in [7, 11) is 0. The summed E-state index contributed by atoms with van der Waals surface area (Å²) in [6.07, 6.45) is -1.08. The van der Waals surface area contributed by atoms with Crippen molar-refractivity contribution in [2.75, 3.05) is 16.8 Å². The van der Waals surface area contributed by atoms with Gasteiger partial charge in [-0.25, -0.2) is 4.79 Å². The van der Waals surface area contributed by atoms with E-state index in [-0.39, 0.29) is 18.2 Å². The van der Waals surface area contributed by atoms with Gasteiger partial charge in [-0.05, 0) is 32.0 Å². The third kappa shape index (κ3) is 3.00. The van der Waals surface area contributed by atoms with Gasteiger partial charge in [0, 0.05) is 10.9 Å². The molecule has 0 bridgehead atoms. The molecular weight excluding hydrogens is 360 g/mol. The van der Waals surface area contributed by atoms with E-state index in [2.05, 4.69) is 5.32 Å². The molecule has 4 rings (SSSR count). The molecule has 1 N–H and O–H groups in total. The van der Waals surface area contributed by atoms with E-state index < -0.39 is 18.0 Å². The summed E-state index contributed by atoms with van der Waals surface area (Å²) in [4.78, 5) is 38.7. The Morgan fingerprint density at radius 1 is 1.14 bits per heavy atom. The van der Waals surface area contributed by atoms with Crippen LogP contribution in [0, 0.1) is 6.92 Å². The van der Waals surface area contributed by atoms with Crippen molar-refractivity contribution in [2.45, 2.75) is 20.0 Å². The zero-order chi connectivity index (χ0) is 19.8. The number of nitrogens with one attached hydrogen (secondary N) is 1. The van der Waals surface area contributed by atoms with Gasteiger partial charge in [-0.2, -0.15) is 0 Å². The molecule has 2 heterocycles. The Morgan fingerprint density at radius 3 is 2.64 bits per heavy atom. The number of benzene rings is 2. The van der Waals surface area contributed by atoms with Gasteiger partial charge in [0.05, 0.1) is 11.4 Å². The molecule has 0 saturated carbocycles. The van der Waals surface area contributed by atoms with Crippen molar-refractivity contribution in [2.24, 2.45) is 0 Å². The number of fused-ring (bicyclic) bond motifs is 2. The largest absolute Gasteiger partial charge is 0.449 e. The number of rotatable bonds is 3. The van der Waals surface area contributed by atoms with E-state index in [1.54, 1.807) is 37.3 Å². The number of esters is 1. The minimum Gasteiger partial charge on any atom is -0.449 e. The molecule has 0 fully saturated rings. The number of hydrogen-bond donors (Lipinski definition) is 1. The van der Waals surface area contributed by atoms with Crippen LogP contribution in [0.1, 0.15) is 23.0 Å². The summed E-state index contributed by atoms with van der Waals surface area (Å²) >= 11 is 0. The van der Waals surface area contributed by atoms with Crippen LogP contribution in [-0.2, 0) is 14.3 Å². The van der Waals surface area contributed by atoms with E-state index in [0.717, 1.165) is 5.39 Å². The van der Waals surface area contributed by atoms with Gasteiger partial charge in [0.1, 0.15) is 12.1 Å². The minimum absolute atomic E-state index is 0.0673. The molecule has 1 aliphatic rings. The zero-order valence-corrected chi connectivity index (χ0v) is 15.4. The van der Waals surface area contributed by atoms with Crippen LogP contribution in [-0.4, -0.2) is 30.4 Å². The molecule has 0 aliphatic carbocycles. The lowest BCUT2D eigenvalue weighted by molar-refractivity contribution is -0.128. The summed E-state index contributed by atoms with van der Waals surface area (Å²) < 4.78 is 11.0. The summed E-state index contributed by atoms with van der Waals surface area (Å²) in [5.41, 5.74) is 2.34. The fourth-order valence-electron chi connectivity index (χ4n) is 3.28. The van der Waals surface area contributed by atoms with Gasteiger partial charge >= 0.3 is 5.97 Å². The van der Waals surface area contributed by atoms with Crippen molar-refractivity contribution < 1.29 is 23.5 Å². The molecule has 0 spiro atoms. The molecule has 142 valence electrons. The molecule has 0 unspecified atom stereocenters. The maximum absolute atomic E-state index is 12.9. The molecule has 0 radical (unpaired) electrons. The summed E-state index contributed by atoms with van der Waals surface area (Å²) in [5.74, 6) is -1.44. The van der Waals surface area contributed by atoms with Gasteiger partial charge in [-0.15, -0.1) is 0 Å². The van der Waals surface area contributed by atoms with E-state index in [4.69, 9.17) is 9.15 Å². The highest BCUT2D eigenvalue weighted by Gasteiger charge is 2.32. The molecule has 1 aromatic heterocycles. The maximum Gasteiger partial charge on any atom is 0.375 e. The molecule has 0 saturated heterocycles. The van der Waals surface area contributed by atoms with E-state index in [0.29, 0.717) is 22.5 Å². The third-order valence-electron chi connectivity index (χ3n) is 4.70. The Balaban J connectivity index is 1.55. The van der Waals surface area contributed by atoms with Crippen molar-refractivity contribution >= 4 is 40.1 Å². The van der Waals surface area contributed by atoms with Gasteiger partial charge in [0.2, 0.25) is 11.7 Å². The fourth-order valence-corrected chi connectivity index (χ4v) is 3.28. The van der Waals surface area contributed by atoms with E-state index in [1.165, 1.54) is 11.8 Å². The summed E-state index contributed by atoms with van der Waals surface area (Å²) in [6, 6.07) is 14.2. The number of nitrogens with zero attached hydrogens (tertiary/aromatic N) is 1. The van der Waals surface area contributed by atoms with Crippen LogP contribution in [0.4, 0.5) is 11.4 Å². The molecule has 1 atom stereocenters. The molecule has 28 heavy (non-hydrogen) atoms. The van der Waals surface area contributed by atoms with Crippen molar-refractivity contribution in [3.05, 3.63) is 59.9 Å². The number of hydrogen-bond acceptors (Lipinski definition) is 5. The number of aryl methyl sites for hydroxylation is 1. The van der Waals surface area contributed by atoms with Crippen molar-refractivity contribution in [3.63, 3.8) is 0 Å². The van der Waals surface area contributed by atoms with Gasteiger partial charge < -0.3 is 14.5 Å². The second-order valence-corrected chi connectivity index (χ2v) is 6.59.